The number of urea groups is 1. The molecular formula is C19H30N4O3. The Morgan fingerprint density at radius 3 is 2.35 bits per heavy atom. The Morgan fingerprint density at radius 1 is 1.12 bits per heavy atom. The SMILES string of the molecule is CCOC(=O)c1ccc(N2CCN(C(=O)NCCCN(C)C)CC2)cc1. The minimum Gasteiger partial charge on any atom is -0.462 e. The summed E-state index contributed by atoms with van der Waals surface area (Å²) in [5, 5.41) is 2.98. The van der Waals surface area contributed by atoms with E-state index in [2.05, 4.69) is 15.1 Å². The number of benzene rings is 1. The lowest BCUT2D eigenvalue weighted by molar-refractivity contribution is 0.0526. The predicted octanol–water partition coefficient (Wildman–Crippen LogP) is 1.65. The van der Waals surface area contributed by atoms with Crippen molar-refractivity contribution in [3.8, 4) is 0 Å². The zero-order valence-electron chi connectivity index (χ0n) is 16.0. The fraction of sp³-hybridized carbons (Fsp3) is 0.579. The number of ether oxygens (including phenoxy) is 1. The largest absolute Gasteiger partial charge is 0.462 e. The van der Waals surface area contributed by atoms with Crippen LogP contribution >= 0.6 is 0 Å². The van der Waals surface area contributed by atoms with Crippen molar-refractivity contribution >= 4 is 17.7 Å². The van der Waals surface area contributed by atoms with Gasteiger partial charge in [0.2, 0.25) is 0 Å². The highest BCUT2D eigenvalue weighted by atomic mass is 16.5. The van der Waals surface area contributed by atoms with Crippen LogP contribution in [-0.4, -0.2) is 81.8 Å². The molecule has 0 atom stereocenters. The molecule has 1 heterocycles. The van der Waals surface area contributed by atoms with Gasteiger partial charge in [-0.15, -0.1) is 0 Å². The van der Waals surface area contributed by atoms with E-state index in [1.807, 2.05) is 31.1 Å². The zero-order valence-corrected chi connectivity index (χ0v) is 16.0. The molecule has 1 aromatic rings. The van der Waals surface area contributed by atoms with Gasteiger partial charge in [0.15, 0.2) is 0 Å². The standard InChI is InChI=1S/C19H30N4O3/c1-4-26-18(24)16-6-8-17(9-7-16)22-12-14-23(15-13-22)19(25)20-10-5-11-21(2)3/h6-9H,4-5,10-15H2,1-3H3,(H,20,25). The summed E-state index contributed by atoms with van der Waals surface area (Å²) in [6.45, 7) is 6.79. The number of hydrogen-bond donors (Lipinski definition) is 1. The molecule has 1 N–H and O–H groups in total. The van der Waals surface area contributed by atoms with Gasteiger partial charge in [-0.3, -0.25) is 0 Å². The van der Waals surface area contributed by atoms with Crippen LogP contribution in [0.15, 0.2) is 24.3 Å². The zero-order chi connectivity index (χ0) is 18.9. The van der Waals surface area contributed by atoms with Gasteiger partial charge in [0.1, 0.15) is 0 Å². The van der Waals surface area contributed by atoms with Gasteiger partial charge in [0.25, 0.3) is 0 Å². The molecule has 0 saturated carbocycles. The maximum atomic E-state index is 12.2. The summed E-state index contributed by atoms with van der Waals surface area (Å²) in [6, 6.07) is 7.46. The average molecular weight is 362 g/mol. The molecule has 0 aromatic heterocycles. The first-order valence-corrected chi connectivity index (χ1v) is 9.21. The van der Waals surface area contributed by atoms with Crippen LogP contribution in [0, 0.1) is 0 Å². The van der Waals surface area contributed by atoms with Crippen molar-refractivity contribution in [2.45, 2.75) is 13.3 Å². The molecule has 2 rings (SSSR count). The van der Waals surface area contributed by atoms with Crippen LogP contribution < -0.4 is 10.2 Å². The molecular weight excluding hydrogens is 332 g/mol. The first-order chi connectivity index (χ1) is 12.5. The predicted molar refractivity (Wildman–Crippen MR) is 103 cm³/mol. The maximum absolute atomic E-state index is 12.2. The van der Waals surface area contributed by atoms with E-state index in [0.29, 0.717) is 31.8 Å². The van der Waals surface area contributed by atoms with E-state index >= 15 is 0 Å². The molecule has 0 spiro atoms. The Labute approximate surface area is 155 Å². The number of carbonyl (C=O) groups is 2. The van der Waals surface area contributed by atoms with Gasteiger partial charge in [-0.25, -0.2) is 9.59 Å². The molecule has 0 bridgehead atoms. The van der Waals surface area contributed by atoms with Crippen LogP contribution in [0.1, 0.15) is 23.7 Å². The van der Waals surface area contributed by atoms with Crippen molar-refractivity contribution in [3.63, 3.8) is 0 Å². The Hall–Kier alpha value is -2.28. The monoisotopic (exact) mass is 362 g/mol. The van der Waals surface area contributed by atoms with Crippen LogP contribution in [0.3, 0.4) is 0 Å². The number of esters is 1. The number of amides is 2. The lowest BCUT2D eigenvalue weighted by atomic mass is 10.2. The fourth-order valence-corrected chi connectivity index (χ4v) is 2.89. The van der Waals surface area contributed by atoms with E-state index in [1.165, 1.54) is 0 Å². The van der Waals surface area contributed by atoms with Gasteiger partial charge in [-0.1, -0.05) is 0 Å². The highest BCUT2D eigenvalue weighted by molar-refractivity contribution is 5.89. The number of rotatable bonds is 7. The second-order valence-electron chi connectivity index (χ2n) is 6.63. The highest BCUT2D eigenvalue weighted by Gasteiger charge is 2.21. The highest BCUT2D eigenvalue weighted by Crippen LogP contribution is 2.18. The Morgan fingerprint density at radius 2 is 1.77 bits per heavy atom. The first-order valence-electron chi connectivity index (χ1n) is 9.21. The molecule has 2 amide bonds. The van der Waals surface area contributed by atoms with Gasteiger partial charge in [-0.2, -0.15) is 0 Å². The fourth-order valence-electron chi connectivity index (χ4n) is 2.89. The summed E-state index contributed by atoms with van der Waals surface area (Å²) >= 11 is 0. The van der Waals surface area contributed by atoms with E-state index in [4.69, 9.17) is 4.74 Å². The van der Waals surface area contributed by atoms with Crippen LogP contribution in [0.2, 0.25) is 0 Å². The molecule has 144 valence electrons. The molecule has 7 heteroatoms. The van der Waals surface area contributed by atoms with Gasteiger partial charge >= 0.3 is 12.0 Å². The normalized spacial score (nSPS) is 14.5. The number of hydrogen-bond acceptors (Lipinski definition) is 5. The van der Waals surface area contributed by atoms with Gasteiger partial charge in [0.05, 0.1) is 12.2 Å². The minimum atomic E-state index is -0.296. The van der Waals surface area contributed by atoms with Crippen molar-refractivity contribution < 1.29 is 14.3 Å². The van der Waals surface area contributed by atoms with Crippen LogP contribution in [0.4, 0.5) is 10.5 Å². The number of nitrogens with zero attached hydrogens (tertiary/aromatic N) is 3. The second kappa shape index (κ2) is 10.0. The van der Waals surface area contributed by atoms with Crippen molar-refractivity contribution in [3.05, 3.63) is 29.8 Å². The lowest BCUT2D eigenvalue weighted by Crippen LogP contribution is -2.52. The molecule has 1 aromatic carbocycles. The smallest absolute Gasteiger partial charge is 0.338 e. The number of nitrogens with one attached hydrogen (secondary N) is 1. The van der Waals surface area contributed by atoms with Crippen molar-refractivity contribution in [2.24, 2.45) is 0 Å². The van der Waals surface area contributed by atoms with E-state index in [-0.39, 0.29) is 12.0 Å². The van der Waals surface area contributed by atoms with Crippen LogP contribution in [0.5, 0.6) is 0 Å². The van der Waals surface area contributed by atoms with Crippen LogP contribution in [-0.2, 0) is 4.74 Å². The van der Waals surface area contributed by atoms with E-state index in [9.17, 15) is 9.59 Å². The molecule has 1 saturated heterocycles. The van der Waals surface area contributed by atoms with Crippen molar-refractivity contribution in [2.75, 3.05) is 64.9 Å². The lowest BCUT2D eigenvalue weighted by Gasteiger charge is -2.36. The first kappa shape index (κ1) is 20.0. The Balaban J connectivity index is 1.77. The summed E-state index contributed by atoms with van der Waals surface area (Å²) < 4.78 is 5.00. The Bertz CT molecular complexity index is 581. The molecule has 1 fully saturated rings. The topological polar surface area (TPSA) is 65.1 Å². The number of carbonyl (C=O) groups excluding carboxylic acids is 2. The molecule has 26 heavy (non-hydrogen) atoms. The minimum absolute atomic E-state index is 0.0149. The summed E-state index contributed by atoms with van der Waals surface area (Å²) in [5.74, 6) is -0.296. The third-order valence-corrected chi connectivity index (χ3v) is 4.37. The summed E-state index contributed by atoms with van der Waals surface area (Å²) in [5.41, 5.74) is 1.62. The third-order valence-electron chi connectivity index (χ3n) is 4.37. The Kier molecular flexibility index (Phi) is 7.72. The third kappa shape index (κ3) is 5.91. The van der Waals surface area contributed by atoms with Gasteiger partial charge in [-0.05, 0) is 58.3 Å². The van der Waals surface area contributed by atoms with E-state index < -0.39 is 0 Å². The van der Waals surface area contributed by atoms with E-state index in [0.717, 1.165) is 31.7 Å². The van der Waals surface area contributed by atoms with Crippen molar-refractivity contribution in [1.82, 2.24) is 15.1 Å². The van der Waals surface area contributed by atoms with Crippen molar-refractivity contribution in [1.29, 1.82) is 0 Å². The van der Waals surface area contributed by atoms with Gasteiger partial charge in [0, 0.05) is 38.4 Å². The maximum Gasteiger partial charge on any atom is 0.338 e. The number of anilines is 1. The van der Waals surface area contributed by atoms with Gasteiger partial charge < -0.3 is 24.8 Å². The number of piperazine rings is 1. The second-order valence-corrected chi connectivity index (χ2v) is 6.63. The quantitative estimate of drug-likeness (QED) is 0.590. The molecule has 0 unspecified atom stereocenters. The molecule has 1 aliphatic rings. The molecule has 0 radical (unpaired) electrons. The molecule has 0 aliphatic carbocycles. The summed E-state index contributed by atoms with van der Waals surface area (Å²) in [7, 11) is 4.06. The summed E-state index contributed by atoms with van der Waals surface area (Å²) in [4.78, 5) is 30.1. The van der Waals surface area contributed by atoms with E-state index in [1.54, 1.807) is 19.1 Å². The molecule has 1 aliphatic heterocycles. The van der Waals surface area contributed by atoms with Crippen LogP contribution in [0.25, 0.3) is 0 Å². The average Bonchev–Trinajstić information content (AvgIpc) is 2.65. The summed E-state index contributed by atoms with van der Waals surface area (Å²) in [6.07, 6.45) is 0.950. The molecule has 7 nitrogen and oxygen atoms in total.